The van der Waals surface area contributed by atoms with Crippen molar-refractivity contribution in [2.24, 2.45) is 5.84 Å². The number of anilines is 1. The summed E-state index contributed by atoms with van der Waals surface area (Å²) in [5, 5.41) is 0. The number of nitrogens with one attached hydrogen (secondary N) is 1. The summed E-state index contributed by atoms with van der Waals surface area (Å²) in [6.07, 6.45) is 0. The Morgan fingerprint density at radius 2 is 2.17 bits per heavy atom. The van der Waals surface area contributed by atoms with E-state index in [0.717, 1.165) is 15.7 Å². The second-order valence-electron chi connectivity index (χ2n) is 3.73. The van der Waals surface area contributed by atoms with Crippen molar-refractivity contribution in [3.05, 3.63) is 46.1 Å². The molecule has 0 unspecified atom stereocenters. The minimum atomic E-state index is 0.347. The van der Waals surface area contributed by atoms with Gasteiger partial charge in [-0.25, -0.2) is 10.8 Å². The smallest absolute Gasteiger partial charge is 0.240 e. The van der Waals surface area contributed by atoms with E-state index in [4.69, 9.17) is 10.6 Å². The van der Waals surface area contributed by atoms with Crippen LogP contribution in [-0.2, 0) is 6.61 Å². The van der Waals surface area contributed by atoms with E-state index in [-0.39, 0.29) is 0 Å². The highest BCUT2D eigenvalue weighted by Crippen LogP contribution is 2.15. The zero-order chi connectivity index (χ0) is 13.0. The zero-order valence-electron chi connectivity index (χ0n) is 9.85. The lowest BCUT2D eigenvalue weighted by atomic mass is 10.2. The van der Waals surface area contributed by atoms with Crippen molar-refractivity contribution in [1.29, 1.82) is 0 Å². The van der Waals surface area contributed by atoms with Crippen molar-refractivity contribution >= 4 is 21.9 Å². The van der Waals surface area contributed by atoms with Gasteiger partial charge in [-0.15, -0.1) is 0 Å². The van der Waals surface area contributed by atoms with Crippen LogP contribution in [0.4, 0.5) is 5.95 Å². The highest BCUT2D eigenvalue weighted by atomic mass is 79.9. The highest BCUT2D eigenvalue weighted by Gasteiger charge is 2.02. The summed E-state index contributed by atoms with van der Waals surface area (Å²) in [5.41, 5.74) is 4.26. The first-order valence-corrected chi connectivity index (χ1v) is 6.16. The van der Waals surface area contributed by atoms with Crippen molar-refractivity contribution in [1.82, 2.24) is 9.97 Å². The molecule has 0 fully saturated rings. The standard InChI is InChI=1S/C12H13BrN4O/c1-8-5-11(16-12(15-8)17-14)18-7-9-3-2-4-10(13)6-9/h2-6H,7,14H2,1H3,(H,15,16,17). The van der Waals surface area contributed by atoms with Crippen molar-refractivity contribution in [3.63, 3.8) is 0 Å². The number of hydrazine groups is 1. The Kier molecular flexibility index (Phi) is 4.11. The third kappa shape index (κ3) is 3.41. The van der Waals surface area contributed by atoms with Gasteiger partial charge in [-0.05, 0) is 24.6 Å². The van der Waals surface area contributed by atoms with Crippen molar-refractivity contribution in [3.8, 4) is 5.88 Å². The Balaban J connectivity index is 2.08. The average Bonchev–Trinajstić information content (AvgIpc) is 2.36. The Morgan fingerprint density at radius 1 is 1.33 bits per heavy atom. The highest BCUT2D eigenvalue weighted by molar-refractivity contribution is 9.10. The number of benzene rings is 1. The maximum atomic E-state index is 5.60. The van der Waals surface area contributed by atoms with Crippen LogP contribution in [0.25, 0.3) is 0 Å². The molecule has 3 N–H and O–H groups in total. The number of aryl methyl sites for hydroxylation is 1. The van der Waals surface area contributed by atoms with E-state index >= 15 is 0 Å². The molecule has 18 heavy (non-hydrogen) atoms. The van der Waals surface area contributed by atoms with E-state index in [1.54, 1.807) is 6.07 Å². The predicted molar refractivity (Wildman–Crippen MR) is 73.1 cm³/mol. The van der Waals surface area contributed by atoms with Gasteiger partial charge in [0, 0.05) is 16.2 Å². The van der Waals surface area contributed by atoms with Gasteiger partial charge in [0.25, 0.3) is 0 Å². The maximum Gasteiger partial charge on any atom is 0.240 e. The molecule has 6 heteroatoms. The molecule has 5 nitrogen and oxygen atoms in total. The first-order valence-electron chi connectivity index (χ1n) is 5.37. The van der Waals surface area contributed by atoms with Crippen LogP contribution < -0.4 is 16.0 Å². The summed E-state index contributed by atoms with van der Waals surface area (Å²) in [6.45, 7) is 2.30. The Morgan fingerprint density at radius 3 is 2.89 bits per heavy atom. The van der Waals surface area contributed by atoms with Gasteiger partial charge in [0.1, 0.15) is 6.61 Å². The second-order valence-corrected chi connectivity index (χ2v) is 4.65. The Hall–Kier alpha value is -1.66. The summed E-state index contributed by atoms with van der Waals surface area (Å²) in [5.74, 6) is 6.12. The maximum absolute atomic E-state index is 5.60. The van der Waals surface area contributed by atoms with Gasteiger partial charge in [0.05, 0.1) is 0 Å². The van der Waals surface area contributed by atoms with Crippen LogP contribution in [-0.4, -0.2) is 9.97 Å². The fourth-order valence-electron chi connectivity index (χ4n) is 1.46. The van der Waals surface area contributed by atoms with Gasteiger partial charge in [-0.1, -0.05) is 28.1 Å². The molecule has 0 saturated heterocycles. The Labute approximate surface area is 113 Å². The minimum Gasteiger partial charge on any atom is -0.473 e. The predicted octanol–water partition coefficient (Wildman–Crippen LogP) is 2.41. The first-order chi connectivity index (χ1) is 8.67. The summed E-state index contributed by atoms with van der Waals surface area (Å²) in [4.78, 5) is 8.20. The molecule has 0 aliphatic heterocycles. The number of aromatic nitrogens is 2. The van der Waals surface area contributed by atoms with Crippen molar-refractivity contribution < 1.29 is 4.74 Å². The lowest BCUT2D eigenvalue weighted by Crippen LogP contribution is -2.11. The topological polar surface area (TPSA) is 73.1 Å². The summed E-state index contributed by atoms with van der Waals surface area (Å²) >= 11 is 3.42. The van der Waals surface area contributed by atoms with Gasteiger partial charge in [-0.3, -0.25) is 5.43 Å². The second kappa shape index (κ2) is 5.79. The van der Waals surface area contributed by atoms with Gasteiger partial charge >= 0.3 is 0 Å². The third-order valence-electron chi connectivity index (χ3n) is 2.24. The van der Waals surface area contributed by atoms with Gasteiger partial charge in [0.2, 0.25) is 11.8 Å². The Bertz CT molecular complexity index is 547. The minimum absolute atomic E-state index is 0.347. The molecule has 0 saturated carbocycles. The number of ether oxygens (including phenoxy) is 1. The SMILES string of the molecule is Cc1cc(OCc2cccc(Br)c2)nc(NN)n1. The molecule has 1 heterocycles. The molecule has 0 radical (unpaired) electrons. The number of hydrogen-bond acceptors (Lipinski definition) is 5. The molecule has 0 aliphatic rings. The molecular weight excluding hydrogens is 296 g/mol. The third-order valence-corrected chi connectivity index (χ3v) is 2.73. The van der Waals surface area contributed by atoms with Crippen LogP contribution >= 0.6 is 15.9 Å². The number of rotatable bonds is 4. The van der Waals surface area contributed by atoms with Crippen LogP contribution in [0.2, 0.25) is 0 Å². The number of nitrogens with zero attached hydrogens (tertiary/aromatic N) is 2. The molecule has 0 atom stereocenters. The van der Waals surface area contributed by atoms with Crippen LogP contribution in [0.3, 0.4) is 0 Å². The van der Waals surface area contributed by atoms with E-state index in [1.807, 2.05) is 31.2 Å². The lowest BCUT2D eigenvalue weighted by molar-refractivity contribution is 0.293. The molecule has 0 aliphatic carbocycles. The summed E-state index contributed by atoms with van der Waals surface area (Å²) in [6, 6.07) is 9.67. The molecule has 0 spiro atoms. The monoisotopic (exact) mass is 308 g/mol. The van der Waals surface area contributed by atoms with Gasteiger partial charge in [0.15, 0.2) is 0 Å². The van der Waals surface area contributed by atoms with Crippen LogP contribution in [0.5, 0.6) is 5.88 Å². The molecule has 1 aromatic heterocycles. The average molecular weight is 309 g/mol. The van der Waals surface area contributed by atoms with Crippen LogP contribution in [0.15, 0.2) is 34.8 Å². The summed E-state index contributed by atoms with van der Waals surface area (Å²) < 4.78 is 6.62. The van der Waals surface area contributed by atoms with E-state index in [0.29, 0.717) is 18.4 Å². The number of nitrogen functional groups attached to an aromatic ring is 1. The molecule has 1 aromatic carbocycles. The number of hydrogen-bond donors (Lipinski definition) is 2. The quantitative estimate of drug-likeness (QED) is 0.670. The van der Waals surface area contributed by atoms with Crippen molar-refractivity contribution in [2.45, 2.75) is 13.5 Å². The van der Waals surface area contributed by atoms with Crippen LogP contribution in [0.1, 0.15) is 11.3 Å². The van der Waals surface area contributed by atoms with Crippen molar-refractivity contribution in [2.75, 3.05) is 5.43 Å². The van der Waals surface area contributed by atoms with E-state index < -0.39 is 0 Å². The van der Waals surface area contributed by atoms with Gasteiger partial charge in [-0.2, -0.15) is 4.98 Å². The number of halogens is 1. The van der Waals surface area contributed by atoms with Crippen LogP contribution in [0, 0.1) is 6.92 Å². The fourth-order valence-corrected chi connectivity index (χ4v) is 1.91. The molecular formula is C12H13BrN4O. The zero-order valence-corrected chi connectivity index (χ0v) is 11.4. The molecule has 0 amide bonds. The fraction of sp³-hybridized carbons (Fsp3) is 0.167. The molecule has 0 bridgehead atoms. The first kappa shape index (κ1) is 12.8. The van der Waals surface area contributed by atoms with E-state index in [2.05, 4.69) is 31.3 Å². The largest absolute Gasteiger partial charge is 0.473 e. The molecule has 94 valence electrons. The van der Waals surface area contributed by atoms with Gasteiger partial charge < -0.3 is 4.74 Å². The normalized spacial score (nSPS) is 10.2. The van der Waals surface area contributed by atoms with E-state index in [1.165, 1.54) is 0 Å². The van der Waals surface area contributed by atoms with E-state index in [9.17, 15) is 0 Å². The molecule has 2 aromatic rings. The summed E-state index contributed by atoms with van der Waals surface area (Å²) in [7, 11) is 0. The number of nitrogens with two attached hydrogens (primary N) is 1. The lowest BCUT2D eigenvalue weighted by Gasteiger charge is -2.07. The molecule has 2 rings (SSSR count).